The van der Waals surface area contributed by atoms with Crippen LogP contribution < -0.4 is 5.32 Å². The molecule has 1 aliphatic rings. The van der Waals surface area contributed by atoms with E-state index < -0.39 is 11.9 Å². The maximum absolute atomic E-state index is 12.3. The van der Waals surface area contributed by atoms with Gasteiger partial charge in [0.15, 0.2) is 0 Å². The van der Waals surface area contributed by atoms with Crippen molar-refractivity contribution >= 4 is 34.2 Å². The fourth-order valence-corrected chi connectivity index (χ4v) is 4.18. The van der Waals surface area contributed by atoms with Crippen molar-refractivity contribution < 1.29 is 23.9 Å². The number of amides is 1. The zero-order valence-electron chi connectivity index (χ0n) is 14.3. The fourth-order valence-electron chi connectivity index (χ4n) is 2.76. The molecule has 0 saturated heterocycles. The van der Waals surface area contributed by atoms with E-state index in [4.69, 9.17) is 4.74 Å². The van der Waals surface area contributed by atoms with Gasteiger partial charge in [-0.15, -0.1) is 11.3 Å². The Hall–Kier alpha value is -1.89. The van der Waals surface area contributed by atoms with Crippen LogP contribution in [0.25, 0.3) is 0 Å². The minimum Gasteiger partial charge on any atom is -0.469 e. The fraction of sp³-hybridized carbons (Fsp3) is 0.588. The summed E-state index contributed by atoms with van der Waals surface area (Å²) in [5, 5.41) is 3.30. The van der Waals surface area contributed by atoms with Gasteiger partial charge in [0.1, 0.15) is 5.00 Å². The first-order valence-electron chi connectivity index (χ1n) is 8.14. The highest BCUT2D eigenvalue weighted by atomic mass is 32.1. The summed E-state index contributed by atoms with van der Waals surface area (Å²) >= 11 is 1.44. The predicted molar refractivity (Wildman–Crippen MR) is 91.3 cm³/mol. The van der Waals surface area contributed by atoms with E-state index in [0.717, 1.165) is 29.7 Å². The van der Waals surface area contributed by atoms with Crippen molar-refractivity contribution in [2.24, 2.45) is 5.92 Å². The van der Waals surface area contributed by atoms with Crippen molar-refractivity contribution in [3.8, 4) is 0 Å². The Bertz CT molecular complexity index is 637. The van der Waals surface area contributed by atoms with Gasteiger partial charge in [0.25, 0.3) is 0 Å². The number of fused-ring (bicyclic) bond motifs is 1. The van der Waals surface area contributed by atoms with E-state index in [1.54, 1.807) is 6.92 Å². The van der Waals surface area contributed by atoms with E-state index in [0.29, 0.717) is 16.5 Å². The summed E-state index contributed by atoms with van der Waals surface area (Å²) in [6.07, 6.45) is 2.78. The highest BCUT2D eigenvalue weighted by Gasteiger charge is 2.29. The summed E-state index contributed by atoms with van der Waals surface area (Å²) in [6.45, 7) is 4.23. The van der Waals surface area contributed by atoms with Gasteiger partial charge in [0, 0.05) is 11.3 Å². The number of methoxy groups -OCH3 is 1. The highest BCUT2D eigenvalue weighted by Crippen LogP contribution is 2.40. The zero-order chi connectivity index (χ0) is 17.7. The van der Waals surface area contributed by atoms with Crippen molar-refractivity contribution in [1.29, 1.82) is 0 Å². The standard InChI is InChI=1S/C17H23NO5S/c1-4-23-17(21)15-11-6-5-10(2)9-12(11)24-16(15)18-13(19)7-8-14(20)22-3/h10H,4-9H2,1-3H3,(H,18,19). The molecule has 1 aliphatic carbocycles. The average Bonchev–Trinajstić information content (AvgIpc) is 2.89. The molecule has 1 aromatic rings. The molecule has 1 unspecified atom stereocenters. The second-order valence-corrected chi connectivity index (χ2v) is 7.01. The second kappa shape index (κ2) is 8.28. The van der Waals surface area contributed by atoms with Crippen LogP contribution in [0.1, 0.15) is 53.9 Å². The summed E-state index contributed by atoms with van der Waals surface area (Å²) in [5.41, 5.74) is 1.48. The number of nitrogens with one attached hydrogen (secondary N) is 1. The van der Waals surface area contributed by atoms with Crippen LogP contribution in [0.5, 0.6) is 0 Å². The molecular formula is C17H23NO5S. The van der Waals surface area contributed by atoms with Gasteiger partial charge in [-0.3, -0.25) is 9.59 Å². The third-order valence-electron chi connectivity index (χ3n) is 4.03. The van der Waals surface area contributed by atoms with Gasteiger partial charge in [-0.1, -0.05) is 6.92 Å². The maximum atomic E-state index is 12.3. The Morgan fingerprint density at radius 2 is 2.04 bits per heavy atom. The summed E-state index contributed by atoms with van der Waals surface area (Å²) in [4.78, 5) is 36.7. The van der Waals surface area contributed by atoms with Crippen LogP contribution in [0.3, 0.4) is 0 Å². The van der Waals surface area contributed by atoms with Gasteiger partial charge in [-0.2, -0.15) is 0 Å². The second-order valence-electron chi connectivity index (χ2n) is 5.90. The minimum absolute atomic E-state index is 0.0131. The Morgan fingerprint density at radius 1 is 1.29 bits per heavy atom. The number of hydrogen-bond donors (Lipinski definition) is 1. The Morgan fingerprint density at radius 3 is 2.71 bits per heavy atom. The maximum Gasteiger partial charge on any atom is 0.341 e. The molecule has 24 heavy (non-hydrogen) atoms. The van der Waals surface area contributed by atoms with Crippen LogP contribution in [0.4, 0.5) is 5.00 Å². The Labute approximate surface area is 145 Å². The summed E-state index contributed by atoms with van der Waals surface area (Å²) < 4.78 is 9.69. The predicted octanol–water partition coefficient (Wildman–Crippen LogP) is 2.94. The lowest BCUT2D eigenvalue weighted by molar-refractivity contribution is -0.141. The lowest BCUT2D eigenvalue weighted by Crippen LogP contribution is -2.17. The molecule has 0 aromatic carbocycles. The average molecular weight is 353 g/mol. The first-order valence-corrected chi connectivity index (χ1v) is 8.96. The van der Waals surface area contributed by atoms with Crippen molar-refractivity contribution in [3.05, 3.63) is 16.0 Å². The van der Waals surface area contributed by atoms with Crippen LogP contribution in [0.2, 0.25) is 0 Å². The summed E-state index contributed by atoms with van der Waals surface area (Å²) in [7, 11) is 1.29. The molecule has 1 amide bonds. The summed E-state index contributed by atoms with van der Waals surface area (Å²) in [6, 6.07) is 0. The molecule has 0 fully saturated rings. The summed E-state index contributed by atoms with van der Waals surface area (Å²) in [5.74, 6) is -0.574. The number of carbonyl (C=O) groups is 3. The van der Waals surface area contributed by atoms with Gasteiger partial charge in [0.2, 0.25) is 5.91 Å². The van der Waals surface area contributed by atoms with Gasteiger partial charge in [-0.25, -0.2) is 4.79 Å². The number of thiophene rings is 1. The van der Waals surface area contributed by atoms with Crippen molar-refractivity contribution in [1.82, 2.24) is 0 Å². The molecular weight excluding hydrogens is 330 g/mol. The van der Waals surface area contributed by atoms with Crippen LogP contribution in [-0.4, -0.2) is 31.6 Å². The lowest BCUT2D eigenvalue weighted by Gasteiger charge is -2.18. The largest absolute Gasteiger partial charge is 0.469 e. The molecule has 2 rings (SSSR count). The third kappa shape index (κ3) is 4.35. The molecule has 1 heterocycles. The number of hydrogen-bond acceptors (Lipinski definition) is 6. The highest BCUT2D eigenvalue weighted by molar-refractivity contribution is 7.17. The molecule has 0 radical (unpaired) electrons. The van der Waals surface area contributed by atoms with E-state index in [9.17, 15) is 14.4 Å². The monoisotopic (exact) mass is 353 g/mol. The zero-order valence-corrected chi connectivity index (χ0v) is 15.1. The number of esters is 2. The van der Waals surface area contributed by atoms with Crippen molar-refractivity contribution in [2.75, 3.05) is 19.0 Å². The smallest absolute Gasteiger partial charge is 0.341 e. The van der Waals surface area contributed by atoms with Gasteiger partial charge < -0.3 is 14.8 Å². The molecule has 0 bridgehead atoms. The van der Waals surface area contributed by atoms with Gasteiger partial charge in [0.05, 0.1) is 25.7 Å². The van der Waals surface area contributed by atoms with E-state index >= 15 is 0 Å². The molecule has 0 spiro atoms. The molecule has 1 atom stereocenters. The number of carbonyl (C=O) groups excluding carboxylic acids is 3. The SMILES string of the molecule is CCOC(=O)c1c(NC(=O)CCC(=O)OC)sc2c1CCC(C)C2. The normalized spacial score (nSPS) is 16.2. The van der Waals surface area contributed by atoms with Crippen LogP contribution in [-0.2, 0) is 31.9 Å². The van der Waals surface area contributed by atoms with Crippen LogP contribution >= 0.6 is 11.3 Å². The lowest BCUT2D eigenvalue weighted by atomic mass is 9.88. The number of ether oxygens (including phenoxy) is 2. The Kier molecular flexibility index (Phi) is 6.36. The molecule has 1 N–H and O–H groups in total. The van der Waals surface area contributed by atoms with Gasteiger partial charge in [-0.05, 0) is 37.7 Å². The van der Waals surface area contributed by atoms with E-state index in [1.165, 1.54) is 18.4 Å². The third-order valence-corrected chi connectivity index (χ3v) is 5.20. The van der Waals surface area contributed by atoms with Gasteiger partial charge >= 0.3 is 11.9 Å². The molecule has 0 saturated carbocycles. The Balaban J connectivity index is 2.20. The van der Waals surface area contributed by atoms with Crippen LogP contribution in [0.15, 0.2) is 0 Å². The molecule has 7 heteroatoms. The number of rotatable bonds is 6. The molecule has 132 valence electrons. The number of anilines is 1. The van der Waals surface area contributed by atoms with E-state index in [1.807, 2.05) is 0 Å². The quantitative estimate of drug-likeness (QED) is 0.795. The topological polar surface area (TPSA) is 81.7 Å². The molecule has 1 aromatic heterocycles. The van der Waals surface area contributed by atoms with Crippen LogP contribution in [0, 0.1) is 5.92 Å². The first-order chi connectivity index (χ1) is 11.5. The van der Waals surface area contributed by atoms with Crippen molar-refractivity contribution in [2.45, 2.75) is 46.0 Å². The minimum atomic E-state index is -0.435. The van der Waals surface area contributed by atoms with Crippen molar-refractivity contribution in [3.63, 3.8) is 0 Å². The first kappa shape index (κ1) is 18.4. The molecule has 6 nitrogen and oxygen atoms in total. The van der Waals surface area contributed by atoms with E-state index in [-0.39, 0.29) is 25.4 Å². The molecule has 0 aliphatic heterocycles. The van der Waals surface area contributed by atoms with E-state index in [2.05, 4.69) is 17.0 Å².